The molecule has 4 fully saturated rings. The monoisotopic (exact) mass is 152 g/mol. The zero-order chi connectivity index (χ0) is 7.26. The molecule has 2 N–H and O–H groups in total. The lowest BCUT2D eigenvalue weighted by Crippen LogP contribution is -2.65. The molecule has 4 unspecified atom stereocenters. The fraction of sp³-hybridized carbons (Fsp3) is 1.00. The van der Waals surface area contributed by atoms with Crippen LogP contribution in [0.4, 0.5) is 0 Å². The zero-order valence-corrected chi connectivity index (χ0v) is 6.84. The van der Waals surface area contributed by atoms with Crippen LogP contribution in [0.5, 0.6) is 0 Å². The molecule has 0 aromatic carbocycles. The highest BCUT2D eigenvalue weighted by atomic mass is 15.1. The van der Waals surface area contributed by atoms with Crippen molar-refractivity contribution in [3.8, 4) is 0 Å². The van der Waals surface area contributed by atoms with Gasteiger partial charge in [-0.1, -0.05) is 0 Å². The lowest BCUT2D eigenvalue weighted by atomic mass is 9.68. The van der Waals surface area contributed by atoms with E-state index in [0.717, 1.165) is 23.9 Å². The summed E-state index contributed by atoms with van der Waals surface area (Å²) in [5.41, 5.74) is 0. The summed E-state index contributed by atoms with van der Waals surface area (Å²) in [5, 5.41) is 7.28. The first-order chi connectivity index (χ1) is 5.43. The van der Waals surface area contributed by atoms with E-state index in [1.165, 1.54) is 32.4 Å². The van der Waals surface area contributed by atoms with Gasteiger partial charge < -0.3 is 10.6 Å². The SMILES string of the molecule is C1CC2CC3CNC2C(C3)N1. The number of hydrogen-bond acceptors (Lipinski definition) is 2. The molecular formula is C9H16N2. The van der Waals surface area contributed by atoms with Crippen LogP contribution in [0.3, 0.4) is 0 Å². The van der Waals surface area contributed by atoms with Gasteiger partial charge in [-0.2, -0.15) is 0 Å². The Hall–Kier alpha value is -0.0800. The average Bonchev–Trinajstić information content (AvgIpc) is 2.05. The summed E-state index contributed by atoms with van der Waals surface area (Å²) in [7, 11) is 0. The molecule has 11 heavy (non-hydrogen) atoms. The lowest BCUT2D eigenvalue weighted by Gasteiger charge is -2.51. The fourth-order valence-corrected chi connectivity index (χ4v) is 3.25. The molecule has 0 radical (unpaired) electrons. The Kier molecular flexibility index (Phi) is 1.29. The molecule has 1 saturated carbocycles. The molecule has 2 nitrogen and oxygen atoms in total. The van der Waals surface area contributed by atoms with Gasteiger partial charge >= 0.3 is 0 Å². The second-order valence-corrected chi connectivity index (χ2v) is 4.38. The maximum Gasteiger partial charge on any atom is 0.0250 e. The number of fused-ring (bicyclic) bond motifs is 1. The number of piperidine rings is 3. The molecule has 3 heterocycles. The third-order valence-electron chi connectivity index (χ3n) is 3.73. The van der Waals surface area contributed by atoms with Gasteiger partial charge in [0.2, 0.25) is 0 Å². The van der Waals surface area contributed by atoms with Crippen molar-refractivity contribution < 1.29 is 0 Å². The Bertz CT molecular complexity index is 155. The normalized spacial score (nSPS) is 54.5. The number of hydrogen-bond donors (Lipinski definition) is 2. The highest BCUT2D eigenvalue weighted by Crippen LogP contribution is 2.37. The minimum absolute atomic E-state index is 0.821. The third-order valence-corrected chi connectivity index (χ3v) is 3.73. The molecule has 4 rings (SSSR count). The first-order valence-corrected chi connectivity index (χ1v) is 4.90. The molecule has 4 bridgehead atoms. The second kappa shape index (κ2) is 2.20. The van der Waals surface area contributed by atoms with Crippen LogP contribution in [0.25, 0.3) is 0 Å². The van der Waals surface area contributed by atoms with Gasteiger partial charge in [-0.25, -0.2) is 0 Å². The number of rotatable bonds is 0. The summed E-state index contributed by atoms with van der Waals surface area (Å²) < 4.78 is 0. The van der Waals surface area contributed by atoms with Gasteiger partial charge in [-0.3, -0.25) is 0 Å². The molecule has 0 amide bonds. The molecule has 0 aromatic heterocycles. The molecule has 2 heteroatoms. The van der Waals surface area contributed by atoms with Crippen LogP contribution in [0, 0.1) is 11.8 Å². The zero-order valence-electron chi connectivity index (χ0n) is 6.84. The maximum atomic E-state index is 3.66. The van der Waals surface area contributed by atoms with Gasteiger partial charge in [-0.15, -0.1) is 0 Å². The van der Waals surface area contributed by atoms with E-state index in [0.29, 0.717) is 0 Å². The van der Waals surface area contributed by atoms with Gasteiger partial charge in [0.1, 0.15) is 0 Å². The molecule has 0 spiro atoms. The Morgan fingerprint density at radius 1 is 1.09 bits per heavy atom. The largest absolute Gasteiger partial charge is 0.312 e. The summed E-state index contributed by atoms with van der Waals surface area (Å²) >= 11 is 0. The summed E-state index contributed by atoms with van der Waals surface area (Å²) in [6, 6.07) is 1.65. The first kappa shape index (κ1) is 6.44. The van der Waals surface area contributed by atoms with Crippen molar-refractivity contribution in [2.24, 2.45) is 11.8 Å². The van der Waals surface area contributed by atoms with Crippen molar-refractivity contribution in [2.45, 2.75) is 31.3 Å². The van der Waals surface area contributed by atoms with Crippen LogP contribution in [0.15, 0.2) is 0 Å². The predicted octanol–water partition coefficient (Wildman–Crippen LogP) is 0.346. The van der Waals surface area contributed by atoms with Gasteiger partial charge in [0, 0.05) is 12.1 Å². The van der Waals surface area contributed by atoms with E-state index in [1.54, 1.807) is 0 Å². The van der Waals surface area contributed by atoms with E-state index < -0.39 is 0 Å². The molecule has 4 atom stereocenters. The fourth-order valence-electron chi connectivity index (χ4n) is 3.25. The molecule has 4 aliphatic rings. The lowest BCUT2D eigenvalue weighted by molar-refractivity contribution is 0.0651. The smallest absolute Gasteiger partial charge is 0.0250 e. The molecule has 62 valence electrons. The summed E-state index contributed by atoms with van der Waals surface area (Å²) in [6.07, 6.45) is 4.36. The Balaban J connectivity index is 1.88. The molecular weight excluding hydrogens is 136 g/mol. The van der Waals surface area contributed by atoms with E-state index >= 15 is 0 Å². The van der Waals surface area contributed by atoms with E-state index in [-0.39, 0.29) is 0 Å². The quantitative estimate of drug-likeness (QED) is 0.523. The predicted molar refractivity (Wildman–Crippen MR) is 44.4 cm³/mol. The Labute approximate surface area is 67.7 Å². The van der Waals surface area contributed by atoms with Gasteiger partial charge in [0.15, 0.2) is 0 Å². The molecule has 3 saturated heterocycles. The average molecular weight is 152 g/mol. The van der Waals surface area contributed by atoms with Crippen molar-refractivity contribution in [2.75, 3.05) is 13.1 Å². The van der Waals surface area contributed by atoms with Crippen molar-refractivity contribution in [3.05, 3.63) is 0 Å². The van der Waals surface area contributed by atoms with Gasteiger partial charge in [0.05, 0.1) is 0 Å². The minimum Gasteiger partial charge on any atom is -0.312 e. The van der Waals surface area contributed by atoms with E-state index in [9.17, 15) is 0 Å². The van der Waals surface area contributed by atoms with Crippen molar-refractivity contribution in [1.29, 1.82) is 0 Å². The van der Waals surface area contributed by atoms with Crippen LogP contribution < -0.4 is 10.6 Å². The van der Waals surface area contributed by atoms with E-state index in [1.807, 2.05) is 0 Å². The van der Waals surface area contributed by atoms with Crippen molar-refractivity contribution in [1.82, 2.24) is 10.6 Å². The minimum atomic E-state index is 0.821. The number of nitrogens with one attached hydrogen (secondary N) is 2. The van der Waals surface area contributed by atoms with E-state index in [4.69, 9.17) is 0 Å². The van der Waals surface area contributed by atoms with Crippen LogP contribution in [0.1, 0.15) is 19.3 Å². The highest BCUT2D eigenvalue weighted by molar-refractivity contribution is 5.02. The molecule has 0 aromatic rings. The Morgan fingerprint density at radius 2 is 2.09 bits per heavy atom. The van der Waals surface area contributed by atoms with Crippen molar-refractivity contribution in [3.63, 3.8) is 0 Å². The summed E-state index contributed by atoms with van der Waals surface area (Å²) in [5.74, 6) is 2.00. The van der Waals surface area contributed by atoms with Crippen LogP contribution in [-0.2, 0) is 0 Å². The van der Waals surface area contributed by atoms with Crippen LogP contribution >= 0.6 is 0 Å². The standard InChI is InChI=1S/C9H16N2/c1-2-10-8-4-6-3-7(1)9(8)11-5-6/h6-11H,1-5H2. The Morgan fingerprint density at radius 3 is 2.82 bits per heavy atom. The maximum absolute atomic E-state index is 3.66. The molecule has 3 aliphatic heterocycles. The van der Waals surface area contributed by atoms with E-state index in [2.05, 4.69) is 10.6 Å². The molecule has 1 aliphatic carbocycles. The first-order valence-electron chi connectivity index (χ1n) is 4.90. The second-order valence-electron chi connectivity index (χ2n) is 4.38. The summed E-state index contributed by atoms with van der Waals surface area (Å²) in [6.45, 7) is 2.56. The van der Waals surface area contributed by atoms with Gasteiger partial charge in [0.25, 0.3) is 0 Å². The topological polar surface area (TPSA) is 24.1 Å². The third kappa shape index (κ3) is 0.859. The van der Waals surface area contributed by atoms with Crippen LogP contribution in [0.2, 0.25) is 0 Å². The summed E-state index contributed by atoms with van der Waals surface area (Å²) in [4.78, 5) is 0. The van der Waals surface area contributed by atoms with Crippen LogP contribution in [-0.4, -0.2) is 25.2 Å². The highest BCUT2D eigenvalue weighted by Gasteiger charge is 2.43. The van der Waals surface area contributed by atoms with Crippen molar-refractivity contribution >= 4 is 0 Å². The van der Waals surface area contributed by atoms with Gasteiger partial charge in [-0.05, 0) is 44.2 Å².